The maximum Gasteiger partial charge on any atom is 0.130 e. The Balaban J connectivity index is 2.54. The van der Waals surface area contributed by atoms with Gasteiger partial charge in [0.25, 0.3) is 0 Å². The Morgan fingerprint density at radius 2 is 1.85 bits per heavy atom. The Kier molecular flexibility index (Phi) is 7.81. The fourth-order valence-electron chi connectivity index (χ4n) is 2.18. The van der Waals surface area contributed by atoms with Crippen molar-refractivity contribution in [3.05, 3.63) is 36.6 Å². The number of nitrogens with two attached hydrogens (primary N) is 1. The molecule has 0 spiro atoms. The predicted molar refractivity (Wildman–Crippen MR) is 84.1 cm³/mol. The third kappa shape index (κ3) is 6.11. The molecule has 3 heteroatoms. The summed E-state index contributed by atoms with van der Waals surface area (Å²) in [6.45, 7) is 9.26. The summed E-state index contributed by atoms with van der Waals surface area (Å²) in [5.74, 6) is 2.75. The van der Waals surface area contributed by atoms with Crippen LogP contribution in [0.2, 0.25) is 0 Å². The molecule has 1 aromatic rings. The average Bonchev–Trinajstić information content (AvgIpc) is 2.45. The van der Waals surface area contributed by atoms with Crippen LogP contribution in [-0.2, 0) is 0 Å². The number of benzene rings is 1. The Hall–Kier alpha value is -1.48. The van der Waals surface area contributed by atoms with Crippen molar-refractivity contribution in [2.45, 2.75) is 39.5 Å². The molecule has 0 heterocycles. The third-order valence-corrected chi connectivity index (χ3v) is 3.17. The predicted octanol–water partition coefficient (Wildman–Crippen LogP) is 4.13. The molecule has 0 unspecified atom stereocenters. The number of ether oxygens (including phenoxy) is 2. The van der Waals surface area contributed by atoms with Gasteiger partial charge in [0, 0.05) is 6.07 Å². The fourth-order valence-corrected chi connectivity index (χ4v) is 2.18. The van der Waals surface area contributed by atoms with E-state index in [0.717, 1.165) is 18.1 Å². The highest BCUT2D eigenvalue weighted by Crippen LogP contribution is 2.22. The van der Waals surface area contributed by atoms with Crippen LogP contribution in [0.1, 0.15) is 39.5 Å². The van der Waals surface area contributed by atoms with E-state index in [4.69, 9.17) is 15.2 Å². The van der Waals surface area contributed by atoms with Crippen LogP contribution in [-0.4, -0.2) is 13.2 Å². The molecule has 2 N–H and O–H groups in total. The van der Waals surface area contributed by atoms with E-state index in [0.29, 0.717) is 18.2 Å². The minimum absolute atomic E-state index is 0.320. The summed E-state index contributed by atoms with van der Waals surface area (Å²) in [6, 6.07) is 7.63. The molecule has 0 fully saturated rings. The van der Waals surface area contributed by atoms with Crippen LogP contribution in [0.15, 0.2) is 36.6 Å². The van der Waals surface area contributed by atoms with Gasteiger partial charge in [-0.1, -0.05) is 39.3 Å². The second-order valence-corrected chi connectivity index (χ2v) is 5.07. The summed E-state index contributed by atoms with van der Waals surface area (Å²) in [7, 11) is 0. The largest absolute Gasteiger partial charge is 0.493 e. The smallest absolute Gasteiger partial charge is 0.130 e. The lowest BCUT2D eigenvalue weighted by atomic mass is 9.99. The molecular formula is C17H27NO2. The van der Waals surface area contributed by atoms with Crippen molar-refractivity contribution < 1.29 is 9.47 Å². The highest BCUT2D eigenvalue weighted by Gasteiger charge is 2.08. The van der Waals surface area contributed by atoms with Gasteiger partial charge in [-0.15, -0.1) is 0 Å². The van der Waals surface area contributed by atoms with E-state index in [9.17, 15) is 0 Å². The molecule has 0 aliphatic rings. The van der Waals surface area contributed by atoms with E-state index >= 15 is 0 Å². The molecule has 20 heavy (non-hydrogen) atoms. The second kappa shape index (κ2) is 9.43. The highest BCUT2D eigenvalue weighted by atomic mass is 16.5. The Labute approximate surface area is 122 Å². The lowest BCUT2D eigenvalue weighted by Gasteiger charge is -2.16. The van der Waals surface area contributed by atoms with Gasteiger partial charge in [-0.3, -0.25) is 0 Å². The fraction of sp³-hybridized carbons (Fsp3) is 0.529. The Bertz CT molecular complexity index is 398. The van der Waals surface area contributed by atoms with E-state index < -0.39 is 0 Å². The molecule has 0 bridgehead atoms. The standard InChI is InChI=1S/C17H27NO2/c1-4-7-15(8-5-2)13-19-16-9-6-10-17(11-16)20-14(3)12-18/h6,9-11,15H,3-5,7-8,12-13,18H2,1-2H3. The van der Waals surface area contributed by atoms with Gasteiger partial charge in [0.2, 0.25) is 0 Å². The number of hydrogen-bond acceptors (Lipinski definition) is 3. The lowest BCUT2D eigenvalue weighted by Crippen LogP contribution is -2.12. The number of hydrogen-bond donors (Lipinski definition) is 1. The summed E-state index contributed by atoms with van der Waals surface area (Å²) in [5.41, 5.74) is 5.47. The van der Waals surface area contributed by atoms with Gasteiger partial charge >= 0.3 is 0 Å². The van der Waals surface area contributed by atoms with Gasteiger partial charge < -0.3 is 15.2 Å². The minimum atomic E-state index is 0.320. The van der Waals surface area contributed by atoms with Gasteiger partial charge in [-0.05, 0) is 30.9 Å². The molecule has 1 rings (SSSR count). The molecule has 0 saturated carbocycles. The topological polar surface area (TPSA) is 44.5 Å². The molecule has 1 aromatic carbocycles. The van der Waals surface area contributed by atoms with Crippen molar-refractivity contribution in [1.29, 1.82) is 0 Å². The van der Waals surface area contributed by atoms with Crippen LogP contribution in [0.5, 0.6) is 11.5 Å². The maximum absolute atomic E-state index is 5.89. The first kappa shape index (κ1) is 16.6. The first-order valence-electron chi connectivity index (χ1n) is 7.48. The quantitative estimate of drug-likeness (QED) is 0.654. The summed E-state index contributed by atoms with van der Waals surface area (Å²) >= 11 is 0. The van der Waals surface area contributed by atoms with Gasteiger partial charge in [0.1, 0.15) is 17.3 Å². The normalized spacial score (nSPS) is 10.6. The maximum atomic E-state index is 5.89. The lowest BCUT2D eigenvalue weighted by molar-refractivity contribution is 0.229. The highest BCUT2D eigenvalue weighted by molar-refractivity contribution is 5.33. The van der Waals surface area contributed by atoms with Gasteiger partial charge in [-0.25, -0.2) is 0 Å². The molecule has 112 valence electrons. The molecule has 0 aliphatic carbocycles. The Morgan fingerprint density at radius 1 is 1.20 bits per heavy atom. The van der Waals surface area contributed by atoms with Crippen LogP contribution < -0.4 is 15.2 Å². The average molecular weight is 277 g/mol. The van der Waals surface area contributed by atoms with Crippen LogP contribution in [0.3, 0.4) is 0 Å². The second-order valence-electron chi connectivity index (χ2n) is 5.07. The van der Waals surface area contributed by atoms with Crippen molar-refractivity contribution in [3.8, 4) is 11.5 Å². The molecule has 3 nitrogen and oxygen atoms in total. The van der Waals surface area contributed by atoms with E-state index in [2.05, 4.69) is 20.4 Å². The molecular weight excluding hydrogens is 250 g/mol. The summed E-state index contributed by atoms with van der Waals surface area (Å²) < 4.78 is 11.4. The van der Waals surface area contributed by atoms with Gasteiger partial charge in [0.05, 0.1) is 13.2 Å². The molecule has 0 atom stereocenters. The molecule has 0 saturated heterocycles. The number of rotatable bonds is 10. The zero-order valence-electron chi connectivity index (χ0n) is 12.7. The summed E-state index contributed by atoms with van der Waals surface area (Å²) in [5, 5.41) is 0. The van der Waals surface area contributed by atoms with Crippen LogP contribution in [0.4, 0.5) is 0 Å². The van der Waals surface area contributed by atoms with Crippen molar-refractivity contribution in [2.75, 3.05) is 13.2 Å². The summed E-state index contributed by atoms with van der Waals surface area (Å²) in [6.07, 6.45) is 4.84. The molecule has 0 aromatic heterocycles. The van der Waals surface area contributed by atoms with Crippen molar-refractivity contribution in [2.24, 2.45) is 11.7 Å². The van der Waals surface area contributed by atoms with Gasteiger partial charge in [-0.2, -0.15) is 0 Å². The molecule has 0 radical (unpaired) electrons. The van der Waals surface area contributed by atoms with Crippen molar-refractivity contribution in [3.63, 3.8) is 0 Å². The van der Waals surface area contributed by atoms with E-state index in [-0.39, 0.29) is 0 Å². The zero-order chi connectivity index (χ0) is 14.8. The van der Waals surface area contributed by atoms with Crippen molar-refractivity contribution >= 4 is 0 Å². The molecule has 0 amide bonds. The third-order valence-electron chi connectivity index (χ3n) is 3.17. The SMILES string of the molecule is C=C(CN)Oc1cccc(OCC(CCC)CCC)c1. The Morgan fingerprint density at radius 3 is 2.45 bits per heavy atom. The zero-order valence-corrected chi connectivity index (χ0v) is 12.7. The minimum Gasteiger partial charge on any atom is -0.493 e. The summed E-state index contributed by atoms with van der Waals surface area (Å²) in [4.78, 5) is 0. The van der Waals surface area contributed by atoms with Crippen molar-refractivity contribution in [1.82, 2.24) is 0 Å². The molecule has 0 aliphatic heterocycles. The van der Waals surface area contributed by atoms with Crippen LogP contribution >= 0.6 is 0 Å². The van der Waals surface area contributed by atoms with Crippen LogP contribution in [0.25, 0.3) is 0 Å². The van der Waals surface area contributed by atoms with E-state index in [1.165, 1.54) is 25.7 Å². The first-order valence-corrected chi connectivity index (χ1v) is 7.48. The van der Waals surface area contributed by atoms with E-state index in [1.54, 1.807) is 0 Å². The monoisotopic (exact) mass is 277 g/mol. The van der Waals surface area contributed by atoms with E-state index in [1.807, 2.05) is 24.3 Å². The van der Waals surface area contributed by atoms with Crippen LogP contribution in [0, 0.1) is 5.92 Å². The first-order chi connectivity index (χ1) is 9.69. The van der Waals surface area contributed by atoms with Gasteiger partial charge in [0.15, 0.2) is 0 Å².